The molecule has 0 aliphatic heterocycles. The minimum absolute atomic E-state index is 0.150. The van der Waals surface area contributed by atoms with Crippen LogP contribution in [-0.4, -0.2) is 43.1 Å². The molecule has 0 aliphatic rings. The first-order chi connectivity index (χ1) is 9.96. The van der Waals surface area contributed by atoms with Crippen LogP contribution in [-0.2, 0) is 11.2 Å². The summed E-state index contributed by atoms with van der Waals surface area (Å²) in [6, 6.07) is 7.19. The van der Waals surface area contributed by atoms with Crippen LogP contribution in [0.15, 0.2) is 24.3 Å². The number of hydrogen-bond donors (Lipinski definition) is 2. The molecule has 1 unspecified atom stereocenters. The van der Waals surface area contributed by atoms with E-state index < -0.39 is 6.03 Å². The monoisotopic (exact) mass is 293 g/mol. The molecule has 0 aliphatic carbocycles. The zero-order valence-electron chi connectivity index (χ0n) is 12.8. The number of benzene rings is 1. The molecule has 3 amide bonds. The maximum Gasteiger partial charge on any atom is 0.318 e. The second-order valence-corrected chi connectivity index (χ2v) is 4.88. The Morgan fingerprint density at radius 2 is 1.95 bits per heavy atom. The predicted molar refractivity (Wildman–Crippen MR) is 81.1 cm³/mol. The average molecular weight is 293 g/mol. The Bertz CT molecular complexity index is 474. The Kier molecular flexibility index (Phi) is 6.68. The molecule has 1 rings (SSSR count). The number of likely N-dealkylation sites (N-methyl/N-ethyl adjacent to an activating group) is 1. The fourth-order valence-electron chi connectivity index (χ4n) is 2.17. The molecule has 0 spiro atoms. The van der Waals surface area contributed by atoms with Crippen molar-refractivity contribution in [3.63, 3.8) is 0 Å². The molecule has 0 aromatic heterocycles. The molecular weight excluding hydrogens is 270 g/mol. The Morgan fingerprint density at radius 3 is 2.43 bits per heavy atom. The molecule has 0 fully saturated rings. The predicted octanol–water partition coefficient (Wildman–Crippen LogP) is 1.14. The number of imide groups is 1. The highest BCUT2D eigenvalue weighted by Gasteiger charge is 2.16. The van der Waals surface area contributed by atoms with Crippen molar-refractivity contribution in [2.75, 3.05) is 20.2 Å². The molecule has 1 atom stereocenters. The first-order valence-corrected chi connectivity index (χ1v) is 6.92. The van der Waals surface area contributed by atoms with Crippen molar-refractivity contribution >= 4 is 11.9 Å². The number of carbonyl (C=O) groups is 2. The minimum atomic E-state index is -0.820. The number of methoxy groups -OCH3 is 1. The van der Waals surface area contributed by atoms with E-state index in [0.29, 0.717) is 6.54 Å². The molecule has 116 valence electrons. The summed E-state index contributed by atoms with van der Waals surface area (Å²) in [5.74, 6) is 0.436. The van der Waals surface area contributed by atoms with Gasteiger partial charge in [-0.05, 0) is 37.6 Å². The summed E-state index contributed by atoms with van der Waals surface area (Å²) in [6.45, 7) is 4.88. The summed E-state index contributed by atoms with van der Waals surface area (Å²) < 4.78 is 5.13. The van der Waals surface area contributed by atoms with Gasteiger partial charge in [-0.1, -0.05) is 19.1 Å². The molecule has 1 aromatic carbocycles. The van der Waals surface area contributed by atoms with E-state index in [2.05, 4.69) is 5.32 Å². The summed E-state index contributed by atoms with van der Waals surface area (Å²) in [7, 11) is 1.63. The second-order valence-electron chi connectivity index (χ2n) is 4.88. The lowest BCUT2D eigenvalue weighted by molar-refractivity contribution is -0.121. The number of carbonyl (C=O) groups excluding carboxylic acids is 2. The van der Waals surface area contributed by atoms with Gasteiger partial charge in [-0.25, -0.2) is 4.79 Å². The Balaban J connectivity index is 2.59. The number of rotatable bonds is 7. The fourth-order valence-corrected chi connectivity index (χ4v) is 2.17. The number of primary amides is 1. The van der Waals surface area contributed by atoms with Gasteiger partial charge in [0.15, 0.2) is 0 Å². The van der Waals surface area contributed by atoms with Crippen LogP contribution in [0.2, 0.25) is 0 Å². The molecule has 0 saturated carbocycles. The van der Waals surface area contributed by atoms with Crippen molar-refractivity contribution in [1.82, 2.24) is 10.2 Å². The lowest BCUT2D eigenvalue weighted by Crippen LogP contribution is -2.45. The van der Waals surface area contributed by atoms with Gasteiger partial charge in [-0.2, -0.15) is 0 Å². The Morgan fingerprint density at radius 1 is 1.33 bits per heavy atom. The van der Waals surface area contributed by atoms with Crippen LogP contribution in [0.25, 0.3) is 0 Å². The Hall–Kier alpha value is -2.08. The number of nitrogens with two attached hydrogens (primary N) is 1. The average Bonchev–Trinajstić information content (AvgIpc) is 2.44. The largest absolute Gasteiger partial charge is 0.497 e. The maximum atomic E-state index is 11.6. The van der Waals surface area contributed by atoms with E-state index in [0.717, 1.165) is 17.7 Å². The van der Waals surface area contributed by atoms with Gasteiger partial charge >= 0.3 is 6.03 Å². The molecule has 1 aromatic rings. The normalized spacial score (nSPS) is 12.0. The molecular formula is C15H23N3O3. The highest BCUT2D eigenvalue weighted by Crippen LogP contribution is 2.14. The second kappa shape index (κ2) is 8.26. The van der Waals surface area contributed by atoms with Crippen molar-refractivity contribution in [3.8, 4) is 5.75 Å². The number of nitrogens with zero attached hydrogens (tertiary/aromatic N) is 1. The van der Waals surface area contributed by atoms with Crippen LogP contribution in [0.5, 0.6) is 5.75 Å². The van der Waals surface area contributed by atoms with Gasteiger partial charge in [0, 0.05) is 6.04 Å². The standard InChI is InChI=1S/C15H23N3O3/c1-4-18(10-14(19)17-15(16)20)11(2)9-12-5-7-13(21-3)8-6-12/h5-8,11H,4,9-10H2,1-3H3,(H3,16,17,19,20). The van der Waals surface area contributed by atoms with Crippen molar-refractivity contribution < 1.29 is 14.3 Å². The maximum absolute atomic E-state index is 11.6. The first-order valence-electron chi connectivity index (χ1n) is 6.92. The van der Waals surface area contributed by atoms with Gasteiger partial charge in [0.25, 0.3) is 0 Å². The van der Waals surface area contributed by atoms with E-state index in [1.165, 1.54) is 0 Å². The summed E-state index contributed by atoms with van der Waals surface area (Å²) in [4.78, 5) is 24.2. The summed E-state index contributed by atoms with van der Waals surface area (Å²) in [5, 5.41) is 2.08. The molecule has 0 bridgehead atoms. The number of hydrogen-bond acceptors (Lipinski definition) is 4. The van der Waals surface area contributed by atoms with E-state index in [1.807, 2.05) is 43.0 Å². The molecule has 0 heterocycles. The topological polar surface area (TPSA) is 84.7 Å². The van der Waals surface area contributed by atoms with E-state index in [9.17, 15) is 9.59 Å². The van der Waals surface area contributed by atoms with Gasteiger partial charge in [-0.3, -0.25) is 15.0 Å². The van der Waals surface area contributed by atoms with E-state index in [4.69, 9.17) is 10.5 Å². The highest BCUT2D eigenvalue weighted by molar-refractivity contribution is 5.94. The summed E-state index contributed by atoms with van der Waals surface area (Å²) >= 11 is 0. The van der Waals surface area contributed by atoms with Crippen LogP contribution >= 0.6 is 0 Å². The molecule has 6 nitrogen and oxygen atoms in total. The van der Waals surface area contributed by atoms with Crippen LogP contribution < -0.4 is 15.8 Å². The van der Waals surface area contributed by atoms with Crippen LogP contribution in [0.3, 0.4) is 0 Å². The quantitative estimate of drug-likeness (QED) is 0.789. The van der Waals surface area contributed by atoms with Crippen LogP contribution in [0, 0.1) is 0 Å². The number of amides is 3. The van der Waals surface area contributed by atoms with E-state index in [-0.39, 0.29) is 18.5 Å². The zero-order valence-corrected chi connectivity index (χ0v) is 12.8. The van der Waals surface area contributed by atoms with Crippen molar-refractivity contribution in [2.45, 2.75) is 26.3 Å². The van der Waals surface area contributed by atoms with Crippen molar-refractivity contribution in [3.05, 3.63) is 29.8 Å². The van der Waals surface area contributed by atoms with Gasteiger partial charge < -0.3 is 10.5 Å². The molecule has 21 heavy (non-hydrogen) atoms. The third-order valence-corrected chi connectivity index (χ3v) is 3.33. The number of ether oxygens (including phenoxy) is 1. The van der Waals surface area contributed by atoms with Gasteiger partial charge in [0.1, 0.15) is 5.75 Å². The molecule has 3 N–H and O–H groups in total. The molecule has 0 saturated heterocycles. The molecule has 0 radical (unpaired) electrons. The van der Waals surface area contributed by atoms with E-state index in [1.54, 1.807) is 7.11 Å². The third kappa shape index (κ3) is 5.83. The lowest BCUT2D eigenvalue weighted by atomic mass is 10.1. The lowest BCUT2D eigenvalue weighted by Gasteiger charge is -2.27. The molecule has 6 heteroatoms. The van der Waals surface area contributed by atoms with Crippen LogP contribution in [0.1, 0.15) is 19.4 Å². The fraction of sp³-hybridized carbons (Fsp3) is 0.467. The third-order valence-electron chi connectivity index (χ3n) is 3.33. The first kappa shape index (κ1) is 17.0. The zero-order chi connectivity index (χ0) is 15.8. The Labute approximate surface area is 125 Å². The van der Waals surface area contributed by atoms with Crippen molar-refractivity contribution in [2.24, 2.45) is 5.73 Å². The number of nitrogens with one attached hydrogen (secondary N) is 1. The van der Waals surface area contributed by atoms with Gasteiger partial charge in [-0.15, -0.1) is 0 Å². The van der Waals surface area contributed by atoms with Gasteiger partial charge in [0.05, 0.1) is 13.7 Å². The highest BCUT2D eigenvalue weighted by atomic mass is 16.5. The SMILES string of the molecule is CCN(CC(=O)NC(N)=O)C(C)Cc1ccc(OC)cc1. The van der Waals surface area contributed by atoms with Gasteiger partial charge in [0.2, 0.25) is 5.91 Å². The van der Waals surface area contributed by atoms with Crippen molar-refractivity contribution in [1.29, 1.82) is 0 Å². The van der Waals surface area contributed by atoms with Crippen LogP contribution in [0.4, 0.5) is 4.79 Å². The van der Waals surface area contributed by atoms with E-state index >= 15 is 0 Å². The smallest absolute Gasteiger partial charge is 0.318 e. The summed E-state index contributed by atoms with van der Waals surface area (Å²) in [5.41, 5.74) is 6.10. The number of urea groups is 1. The summed E-state index contributed by atoms with van der Waals surface area (Å²) in [6.07, 6.45) is 0.807. The minimum Gasteiger partial charge on any atom is -0.497 e.